The van der Waals surface area contributed by atoms with Crippen LogP contribution in [0.2, 0.25) is 10.0 Å². The van der Waals surface area contributed by atoms with E-state index in [0.717, 1.165) is 22.1 Å². The minimum Gasteiger partial charge on any atom is -0.490 e. The second kappa shape index (κ2) is 12.4. The minimum absolute atomic E-state index is 0. The molecule has 1 aromatic heterocycles. The van der Waals surface area contributed by atoms with Crippen LogP contribution in [0.3, 0.4) is 0 Å². The van der Waals surface area contributed by atoms with E-state index in [0.29, 0.717) is 41.3 Å². The number of nitrogens with one attached hydrogen (secondary N) is 1. The molecule has 0 spiro atoms. The fourth-order valence-electron chi connectivity index (χ4n) is 2.77. The van der Waals surface area contributed by atoms with E-state index < -0.39 is 0 Å². The van der Waals surface area contributed by atoms with Gasteiger partial charge in [0.15, 0.2) is 11.5 Å². The Kier molecular flexibility index (Phi) is 10.2. The number of hydrogen-bond acceptors (Lipinski definition) is 4. The molecule has 2 aromatic carbocycles. The lowest BCUT2D eigenvalue weighted by Crippen LogP contribution is -2.13. The Morgan fingerprint density at radius 3 is 2.40 bits per heavy atom. The van der Waals surface area contributed by atoms with Gasteiger partial charge in [0.1, 0.15) is 6.61 Å². The molecule has 0 aliphatic heterocycles. The highest BCUT2D eigenvalue weighted by Gasteiger charge is 2.13. The Bertz CT molecular complexity index is 959. The lowest BCUT2D eigenvalue weighted by atomic mass is 10.2. The molecule has 0 saturated heterocycles. The normalized spacial score (nSPS) is 10.4. The van der Waals surface area contributed by atoms with Crippen molar-refractivity contribution in [2.24, 2.45) is 0 Å². The van der Waals surface area contributed by atoms with Gasteiger partial charge >= 0.3 is 0 Å². The molecule has 1 N–H and O–H groups in total. The molecule has 30 heavy (non-hydrogen) atoms. The number of aromatic nitrogens is 1. The molecule has 0 amide bonds. The molecule has 8 heteroatoms. The summed E-state index contributed by atoms with van der Waals surface area (Å²) in [7, 11) is 0. The van der Waals surface area contributed by atoms with E-state index in [2.05, 4.69) is 26.2 Å². The van der Waals surface area contributed by atoms with Crippen LogP contribution in [-0.2, 0) is 19.7 Å². The van der Waals surface area contributed by atoms with E-state index in [-0.39, 0.29) is 12.4 Å². The van der Waals surface area contributed by atoms with Gasteiger partial charge in [0, 0.05) is 41.1 Å². The van der Waals surface area contributed by atoms with Crippen LogP contribution in [-0.4, -0.2) is 11.6 Å². The average molecular weight is 533 g/mol. The molecule has 3 rings (SSSR count). The van der Waals surface area contributed by atoms with Gasteiger partial charge in [0.05, 0.1) is 11.1 Å². The Hall–Kier alpha value is -1.50. The number of benzene rings is 2. The molecule has 1 heterocycles. The van der Waals surface area contributed by atoms with Crippen molar-refractivity contribution in [3.63, 3.8) is 0 Å². The van der Waals surface area contributed by atoms with Crippen molar-refractivity contribution in [3.8, 4) is 11.5 Å². The van der Waals surface area contributed by atoms with Gasteiger partial charge in [-0.1, -0.05) is 29.3 Å². The van der Waals surface area contributed by atoms with Gasteiger partial charge in [-0.25, -0.2) is 0 Å². The largest absolute Gasteiger partial charge is 0.490 e. The summed E-state index contributed by atoms with van der Waals surface area (Å²) in [6.45, 7) is 4.26. The van der Waals surface area contributed by atoms with Gasteiger partial charge < -0.3 is 14.8 Å². The van der Waals surface area contributed by atoms with Crippen LogP contribution in [0.1, 0.15) is 23.6 Å². The Balaban J connectivity index is 0.00000320. The molecule has 0 bridgehead atoms. The second-order valence-corrected chi connectivity index (χ2v) is 8.02. The maximum Gasteiger partial charge on any atom is 0.175 e. The molecule has 0 saturated carbocycles. The number of ether oxygens (including phenoxy) is 2. The second-order valence-electron chi connectivity index (χ2n) is 6.32. The number of hydrogen-bond donors (Lipinski definition) is 1. The summed E-state index contributed by atoms with van der Waals surface area (Å²) in [6, 6.07) is 13.4. The fourth-order valence-corrected chi connectivity index (χ4v) is 3.83. The SMILES string of the molecule is CCOc1cc(CNCc2ccncc2)cc(Br)c1OCc1ccc(Cl)cc1Cl.Cl. The third-order valence-corrected chi connectivity index (χ3v) is 5.34. The van der Waals surface area contributed by atoms with Crippen LogP contribution in [0.5, 0.6) is 11.5 Å². The van der Waals surface area contributed by atoms with Crippen molar-refractivity contribution in [3.05, 3.63) is 86.1 Å². The van der Waals surface area contributed by atoms with Crippen LogP contribution in [0.25, 0.3) is 0 Å². The highest BCUT2D eigenvalue weighted by atomic mass is 79.9. The minimum atomic E-state index is 0. The first-order chi connectivity index (χ1) is 14.1. The molecule has 160 valence electrons. The van der Waals surface area contributed by atoms with E-state index in [1.807, 2.05) is 37.3 Å². The Labute approximate surface area is 201 Å². The number of rotatable bonds is 9. The highest BCUT2D eigenvalue weighted by molar-refractivity contribution is 9.10. The van der Waals surface area contributed by atoms with Crippen molar-refractivity contribution in [2.75, 3.05) is 6.61 Å². The van der Waals surface area contributed by atoms with Gasteiger partial charge in [-0.2, -0.15) is 0 Å². The third kappa shape index (κ3) is 7.03. The van der Waals surface area contributed by atoms with E-state index in [4.69, 9.17) is 32.7 Å². The number of nitrogens with zero attached hydrogens (tertiary/aromatic N) is 1. The monoisotopic (exact) mass is 530 g/mol. The van der Waals surface area contributed by atoms with E-state index in [1.54, 1.807) is 24.5 Å². The Morgan fingerprint density at radius 2 is 1.70 bits per heavy atom. The molecule has 0 atom stereocenters. The summed E-state index contributed by atoms with van der Waals surface area (Å²) < 4.78 is 12.7. The first-order valence-electron chi connectivity index (χ1n) is 9.18. The quantitative estimate of drug-likeness (QED) is 0.328. The molecule has 0 radical (unpaired) electrons. The average Bonchev–Trinajstić information content (AvgIpc) is 2.70. The zero-order valence-electron chi connectivity index (χ0n) is 16.3. The van der Waals surface area contributed by atoms with Crippen molar-refractivity contribution >= 4 is 51.5 Å². The maximum atomic E-state index is 6.25. The summed E-state index contributed by atoms with van der Waals surface area (Å²) in [4.78, 5) is 4.03. The lowest BCUT2D eigenvalue weighted by molar-refractivity contribution is 0.267. The summed E-state index contributed by atoms with van der Waals surface area (Å²) in [6.07, 6.45) is 3.58. The third-order valence-electron chi connectivity index (χ3n) is 4.16. The molecule has 0 unspecified atom stereocenters. The summed E-state index contributed by atoms with van der Waals surface area (Å²) in [5.41, 5.74) is 3.13. The zero-order chi connectivity index (χ0) is 20.6. The van der Waals surface area contributed by atoms with Gasteiger partial charge in [-0.05, 0) is 70.4 Å². The molecule has 0 fully saturated rings. The van der Waals surface area contributed by atoms with E-state index in [9.17, 15) is 0 Å². The Morgan fingerprint density at radius 1 is 0.967 bits per heavy atom. The van der Waals surface area contributed by atoms with Gasteiger partial charge in [-0.15, -0.1) is 12.4 Å². The zero-order valence-corrected chi connectivity index (χ0v) is 20.2. The molecular formula is C22H22BrCl3N2O2. The summed E-state index contributed by atoms with van der Waals surface area (Å²) in [5.74, 6) is 1.34. The van der Waals surface area contributed by atoms with Crippen molar-refractivity contribution in [1.29, 1.82) is 0 Å². The summed E-state index contributed by atoms with van der Waals surface area (Å²) >= 11 is 15.8. The van der Waals surface area contributed by atoms with Crippen LogP contribution in [0, 0.1) is 0 Å². The first kappa shape index (κ1) is 24.8. The van der Waals surface area contributed by atoms with Gasteiger partial charge in [0.25, 0.3) is 0 Å². The van der Waals surface area contributed by atoms with E-state index >= 15 is 0 Å². The topological polar surface area (TPSA) is 43.4 Å². The van der Waals surface area contributed by atoms with Crippen LogP contribution in [0.4, 0.5) is 0 Å². The van der Waals surface area contributed by atoms with Crippen molar-refractivity contribution in [2.45, 2.75) is 26.6 Å². The van der Waals surface area contributed by atoms with Crippen LogP contribution >= 0.6 is 51.5 Å². The highest BCUT2D eigenvalue weighted by Crippen LogP contribution is 2.38. The van der Waals surface area contributed by atoms with Crippen LogP contribution < -0.4 is 14.8 Å². The number of pyridine rings is 1. The van der Waals surface area contributed by atoms with Crippen LogP contribution in [0.15, 0.2) is 59.3 Å². The van der Waals surface area contributed by atoms with Crippen molar-refractivity contribution in [1.82, 2.24) is 10.3 Å². The molecule has 4 nitrogen and oxygen atoms in total. The first-order valence-corrected chi connectivity index (χ1v) is 10.7. The predicted molar refractivity (Wildman–Crippen MR) is 128 cm³/mol. The standard InChI is InChI=1S/C22H21BrCl2N2O2.ClH/c1-2-28-21-10-16(13-27-12-15-5-7-26-8-6-15)9-19(23)22(21)29-14-17-3-4-18(24)11-20(17)25;/h3-11,27H,2,12-14H2,1H3;1H. The lowest BCUT2D eigenvalue weighted by Gasteiger charge is -2.16. The van der Waals surface area contributed by atoms with Gasteiger partial charge in [-0.3, -0.25) is 4.98 Å². The smallest absolute Gasteiger partial charge is 0.175 e. The van der Waals surface area contributed by atoms with Gasteiger partial charge in [0.2, 0.25) is 0 Å². The predicted octanol–water partition coefficient (Wildman–Crippen LogP) is 6.84. The van der Waals surface area contributed by atoms with E-state index in [1.165, 1.54) is 5.56 Å². The number of halogens is 4. The molecule has 3 aromatic rings. The molecule has 0 aliphatic rings. The fraction of sp³-hybridized carbons (Fsp3) is 0.227. The molecular weight excluding hydrogens is 511 g/mol. The molecule has 0 aliphatic carbocycles. The van der Waals surface area contributed by atoms with Crippen molar-refractivity contribution < 1.29 is 9.47 Å². The summed E-state index contributed by atoms with van der Waals surface area (Å²) in [5, 5.41) is 4.60. The maximum absolute atomic E-state index is 6.25.